The van der Waals surface area contributed by atoms with E-state index < -0.39 is 5.91 Å². The van der Waals surface area contributed by atoms with Gasteiger partial charge < -0.3 is 15.8 Å². The van der Waals surface area contributed by atoms with Crippen molar-refractivity contribution in [2.45, 2.75) is 25.7 Å². The lowest BCUT2D eigenvalue weighted by molar-refractivity contribution is 0.100. The number of nitrogens with two attached hydrogens (primary N) is 1. The van der Waals surface area contributed by atoms with E-state index in [1.165, 1.54) is 11.3 Å². The van der Waals surface area contributed by atoms with Gasteiger partial charge in [-0.05, 0) is 67.6 Å². The van der Waals surface area contributed by atoms with E-state index in [1.54, 1.807) is 13.2 Å². The Morgan fingerprint density at radius 2 is 1.82 bits per heavy atom. The van der Waals surface area contributed by atoms with Crippen molar-refractivity contribution in [3.05, 3.63) is 76.2 Å². The topological polar surface area (TPSA) is 94.3 Å². The van der Waals surface area contributed by atoms with E-state index >= 15 is 0 Å². The molecule has 3 N–H and O–H groups in total. The van der Waals surface area contributed by atoms with Gasteiger partial charge >= 0.3 is 0 Å². The first-order valence-corrected chi connectivity index (χ1v) is 11.7. The Morgan fingerprint density at radius 3 is 2.58 bits per heavy atom. The van der Waals surface area contributed by atoms with Crippen LogP contribution in [-0.2, 0) is 12.8 Å². The molecule has 1 aliphatic carbocycles. The Morgan fingerprint density at radius 1 is 1.06 bits per heavy atom. The average Bonchev–Trinajstić information content (AvgIpc) is 3.21. The molecule has 0 unspecified atom stereocenters. The summed E-state index contributed by atoms with van der Waals surface area (Å²) in [6.07, 6.45) is 3.84. The average molecular weight is 458 g/mol. The second-order valence-corrected chi connectivity index (χ2v) is 9.14. The van der Waals surface area contributed by atoms with Crippen LogP contribution >= 0.6 is 11.3 Å². The molecule has 0 atom stereocenters. The normalized spacial score (nSPS) is 12.9. The van der Waals surface area contributed by atoms with Crippen LogP contribution in [0.4, 0.5) is 5.00 Å². The molecule has 0 saturated heterocycles. The Labute approximate surface area is 195 Å². The van der Waals surface area contributed by atoms with E-state index in [9.17, 15) is 9.59 Å². The number of fused-ring (bicyclic) bond motifs is 2. The van der Waals surface area contributed by atoms with Crippen LogP contribution in [0.15, 0.2) is 54.6 Å². The largest absolute Gasteiger partial charge is 0.497 e. The monoisotopic (exact) mass is 457 g/mol. The maximum absolute atomic E-state index is 13.5. The molecule has 33 heavy (non-hydrogen) atoms. The number of nitrogens with one attached hydrogen (secondary N) is 1. The summed E-state index contributed by atoms with van der Waals surface area (Å²) in [6.45, 7) is 0. The fourth-order valence-corrected chi connectivity index (χ4v) is 5.65. The van der Waals surface area contributed by atoms with Crippen LogP contribution < -0.4 is 15.8 Å². The molecule has 2 aromatic heterocycles. The van der Waals surface area contributed by atoms with Crippen LogP contribution in [0.3, 0.4) is 0 Å². The molecule has 0 radical (unpaired) electrons. The number of thiophene rings is 1. The number of primary amides is 1. The van der Waals surface area contributed by atoms with Gasteiger partial charge in [0.1, 0.15) is 10.8 Å². The van der Waals surface area contributed by atoms with Gasteiger partial charge in [0.15, 0.2) is 0 Å². The van der Waals surface area contributed by atoms with Crippen LogP contribution in [0.1, 0.15) is 44.0 Å². The molecule has 2 heterocycles. The molecule has 0 fully saturated rings. The quantitative estimate of drug-likeness (QED) is 0.431. The van der Waals surface area contributed by atoms with Crippen molar-refractivity contribution in [1.82, 2.24) is 4.98 Å². The molecule has 0 aliphatic heterocycles. The van der Waals surface area contributed by atoms with E-state index in [0.29, 0.717) is 21.8 Å². The summed E-state index contributed by atoms with van der Waals surface area (Å²) in [7, 11) is 1.62. The number of para-hydroxylation sites is 1. The Balaban J connectivity index is 1.57. The molecule has 5 rings (SSSR count). The summed E-state index contributed by atoms with van der Waals surface area (Å²) in [5, 5.41) is 4.26. The van der Waals surface area contributed by atoms with Crippen LogP contribution in [0.25, 0.3) is 22.2 Å². The molecule has 6 nitrogen and oxygen atoms in total. The number of benzene rings is 2. The Hall–Kier alpha value is -3.71. The van der Waals surface area contributed by atoms with Gasteiger partial charge in [0.2, 0.25) is 0 Å². The minimum Gasteiger partial charge on any atom is -0.497 e. The molecule has 166 valence electrons. The number of carbonyl (C=O) groups excluding carboxylic acids is 2. The molecule has 1 aliphatic rings. The minimum atomic E-state index is -0.497. The number of aromatic nitrogens is 1. The highest BCUT2D eigenvalue weighted by Gasteiger charge is 2.26. The minimum absolute atomic E-state index is 0.288. The second kappa shape index (κ2) is 8.67. The van der Waals surface area contributed by atoms with Gasteiger partial charge in [0.25, 0.3) is 11.8 Å². The zero-order chi connectivity index (χ0) is 22.9. The van der Waals surface area contributed by atoms with Crippen molar-refractivity contribution in [1.29, 1.82) is 0 Å². The van der Waals surface area contributed by atoms with Crippen molar-refractivity contribution in [2.24, 2.45) is 5.73 Å². The number of amides is 2. The second-order valence-electron chi connectivity index (χ2n) is 8.03. The summed E-state index contributed by atoms with van der Waals surface area (Å²) in [5.74, 6) is -0.0363. The number of ether oxygens (including phenoxy) is 1. The van der Waals surface area contributed by atoms with Crippen molar-refractivity contribution in [2.75, 3.05) is 12.4 Å². The first kappa shape index (κ1) is 21.2. The maximum Gasteiger partial charge on any atom is 0.257 e. The van der Waals surface area contributed by atoms with Gasteiger partial charge in [0.05, 0.1) is 29.4 Å². The van der Waals surface area contributed by atoms with Crippen LogP contribution in [0.2, 0.25) is 0 Å². The lowest BCUT2D eigenvalue weighted by Crippen LogP contribution is -2.19. The van der Waals surface area contributed by atoms with E-state index in [4.69, 9.17) is 15.5 Å². The number of methoxy groups -OCH3 is 1. The number of carbonyl (C=O) groups is 2. The highest BCUT2D eigenvalue weighted by molar-refractivity contribution is 7.17. The number of anilines is 1. The number of rotatable bonds is 5. The predicted octanol–water partition coefficient (Wildman–Crippen LogP) is 5.20. The molecule has 0 bridgehead atoms. The summed E-state index contributed by atoms with van der Waals surface area (Å²) < 4.78 is 5.25. The SMILES string of the molecule is COc1ccc(-c2cc(C(=O)Nc3sc4c(c3C(N)=O)CCCC4)c3ccccc3n2)cc1. The lowest BCUT2D eigenvalue weighted by Gasteiger charge is -2.12. The van der Waals surface area contributed by atoms with E-state index in [1.807, 2.05) is 48.5 Å². The van der Waals surface area contributed by atoms with Gasteiger partial charge in [-0.3, -0.25) is 9.59 Å². The molecule has 2 aromatic carbocycles. The fraction of sp³-hybridized carbons (Fsp3) is 0.192. The first-order valence-electron chi connectivity index (χ1n) is 10.8. The predicted molar refractivity (Wildman–Crippen MR) is 131 cm³/mol. The molecular weight excluding hydrogens is 434 g/mol. The maximum atomic E-state index is 13.5. The van der Waals surface area contributed by atoms with Crippen LogP contribution in [0, 0.1) is 0 Å². The summed E-state index contributed by atoms with van der Waals surface area (Å²) in [5.41, 5.74) is 9.93. The smallest absolute Gasteiger partial charge is 0.257 e. The molecule has 0 spiro atoms. The van der Waals surface area contributed by atoms with E-state index in [2.05, 4.69) is 5.32 Å². The third-order valence-electron chi connectivity index (χ3n) is 5.99. The van der Waals surface area contributed by atoms with Crippen molar-refractivity contribution in [3.8, 4) is 17.0 Å². The number of aryl methyl sites for hydroxylation is 1. The van der Waals surface area contributed by atoms with Crippen molar-refractivity contribution < 1.29 is 14.3 Å². The van der Waals surface area contributed by atoms with E-state index in [0.717, 1.165) is 58.3 Å². The molecule has 2 amide bonds. The highest BCUT2D eigenvalue weighted by atomic mass is 32.1. The number of hydrogen-bond donors (Lipinski definition) is 2. The Bertz CT molecular complexity index is 1380. The fourth-order valence-electron chi connectivity index (χ4n) is 4.36. The van der Waals surface area contributed by atoms with E-state index in [-0.39, 0.29) is 5.91 Å². The zero-order valence-electron chi connectivity index (χ0n) is 18.2. The molecule has 7 heteroatoms. The van der Waals surface area contributed by atoms with Gasteiger partial charge in [-0.1, -0.05) is 18.2 Å². The van der Waals surface area contributed by atoms with Crippen molar-refractivity contribution in [3.63, 3.8) is 0 Å². The van der Waals surface area contributed by atoms with Gasteiger partial charge in [-0.15, -0.1) is 11.3 Å². The van der Waals surface area contributed by atoms with Gasteiger partial charge in [-0.25, -0.2) is 4.98 Å². The number of hydrogen-bond acceptors (Lipinski definition) is 5. The molecule has 4 aromatic rings. The molecular formula is C26H23N3O3S. The van der Waals surface area contributed by atoms with Gasteiger partial charge in [-0.2, -0.15) is 0 Å². The standard InChI is InChI=1S/C26H23N3O3S/c1-32-16-12-10-15(11-13-16)21-14-19(17-6-2-4-8-20(17)28-21)25(31)29-26-23(24(27)30)18-7-3-5-9-22(18)33-26/h2,4,6,8,10-14H,3,5,7,9H2,1H3,(H2,27,30)(H,29,31). The number of pyridine rings is 1. The van der Waals surface area contributed by atoms with Gasteiger partial charge in [0, 0.05) is 15.8 Å². The lowest BCUT2D eigenvalue weighted by atomic mass is 9.95. The first-order chi connectivity index (χ1) is 16.0. The Kier molecular flexibility index (Phi) is 5.56. The summed E-state index contributed by atoms with van der Waals surface area (Å²) in [4.78, 5) is 31.6. The number of nitrogens with zero attached hydrogens (tertiary/aromatic N) is 1. The summed E-state index contributed by atoms with van der Waals surface area (Å²) >= 11 is 1.46. The van der Waals surface area contributed by atoms with Crippen LogP contribution in [0.5, 0.6) is 5.75 Å². The zero-order valence-corrected chi connectivity index (χ0v) is 19.0. The third kappa shape index (κ3) is 3.96. The van der Waals surface area contributed by atoms with Crippen molar-refractivity contribution >= 4 is 39.1 Å². The molecule has 0 saturated carbocycles. The summed E-state index contributed by atoms with van der Waals surface area (Å²) in [6, 6.07) is 16.9. The van der Waals surface area contributed by atoms with Crippen LogP contribution in [-0.4, -0.2) is 23.9 Å². The third-order valence-corrected chi connectivity index (χ3v) is 7.20. The highest BCUT2D eigenvalue weighted by Crippen LogP contribution is 2.38.